The largest absolute Gasteiger partial charge is 1.00 e. The number of carbonyl (C=O) groups excluding carboxylic acids is 2. The maximum Gasteiger partial charge on any atom is 1.00 e. The van der Waals surface area contributed by atoms with E-state index in [-0.39, 0.29) is 49.7 Å². The van der Waals surface area contributed by atoms with Gasteiger partial charge in [-0.25, -0.2) is 4.79 Å². The minimum Gasteiger partial charge on any atom is -0.872 e. The van der Waals surface area contributed by atoms with Crippen LogP contribution in [0.1, 0.15) is 23.6 Å². The fourth-order valence-electron chi connectivity index (χ4n) is 1.56. The van der Waals surface area contributed by atoms with Crippen molar-refractivity contribution in [2.75, 3.05) is 6.61 Å². The van der Waals surface area contributed by atoms with Gasteiger partial charge in [0.2, 0.25) is 0 Å². The minimum absolute atomic E-state index is 0. The predicted octanol–water partition coefficient (Wildman–Crippen LogP) is -0.438. The molecule has 0 fully saturated rings. The number of hydrogen-bond donors (Lipinski definition) is 0. The Balaban J connectivity index is 0.00000576. The standard InChI is InChI=1S/C14H10F6O4.Li/c1-2-24-12(23)11(22)6-10(21)7-3-8(13(15,16)17)5-9(4-7)14(18,19)20;/h3-6,21H,2H2,1H3;/q;+1/p-1/b10-6+;. The van der Waals surface area contributed by atoms with E-state index < -0.39 is 46.6 Å². The van der Waals surface area contributed by atoms with Crippen molar-refractivity contribution in [2.45, 2.75) is 19.3 Å². The topological polar surface area (TPSA) is 66.4 Å². The summed E-state index contributed by atoms with van der Waals surface area (Å²) in [7, 11) is 0. The predicted molar refractivity (Wildman–Crippen MR) is 66.1 cm³/mol. The molecule has 0 radical (unpaired) electrons. The fourth-order valence-corrected chi connectivity index (χ4v) is 1.56. The smallest absolute Gasteiger partial charge is 0.872 e. The van der Waals surface area contributed by atoms with E-state index in [4.69, 9.17) is 0 Å². The number of rotatable bonds is 4. The van der Waals surface area contributed by atoms with Gasteiger partial charge >= 0.3 is 37.2 Å². The Labute approximate surface area is 149 Å². The van der Waals surface area contributed by atoms with E-state index in [0.717, 1.165) is 0 Å². The van der Waals surface area contributed by atoms with Crippen LogP contribution < -0.4 is 24.0 Å². The quantitative estimate of drug-likeness (QED) is 0.182. The van der Waals surface area contributed by atoms with E-state index in [1.807, 2.05) is 0 Å². The molecule has 11 heteroatoms. The molecule has 1 aromatic rings. The number of hydrogen-bond acceptors (Lipinski definition) is 4. The summed E-state index contributed by atoms with van der Waals surface area (Å²) in [5, 5.41) is 11.7. The molecule has 0 saturated heterocycles. The molecule has 0 N–H and O–H groups in total. The normalized spacial score (nSPS) is 12.4. The SMILES string of the molecule is CCOC(=O)C(=O)/C=C(/[O-])c1cc(C(F)(F)F)cc(C(F)(F)F)c1.[Li+]. The third-order valence-corrected chi connectivity index (χ3v) is 2.61. The van der Waals surface area contributed by atoms with Gasteiger partial charge in [0.15, 0.2) is 0 Å². The van der Waals surface area contributed by atoms with Gasteiger partial charge in [-0.15, -0.1) is 0 Å². The molecule has 0 aliphatic rings. The molecule has 0 aliphatic carbocycles. The van der Waals surface area contributed by atoms with Crippen LogP contribution in [0, 0.1) is 0 Å². The zero-order chi connectivity index (χ0) is 18.7. The van der Waals surface area contributed by atoms with Crippen molar-refractivity contribution < 1.29 is 64.6 Å². The molecule has 1 rings (SSSR count). The van der Waals surface area contributed by atoms with E-state index >= 15 is 0 Å². The first-order chi connectivity index (χ1) is 10.9. The van der Waals surface area contributed by atoms with Crippen LogP contribution in [0.25, 0.3) is 5.76 Å². The van der Waals surface area contributed by atoms with Gasteiger partial charge in [0.25, 0.3) is 5.78 Å². The molecule has 0 saturated carbocycles. The summed E-state index contributed by atoms with van der Waals surface area (Å²) < 4.78 is 80.2. The van der Waals surface area contributed by atoms with Crippen molar-refractivity contribution in [3.8, 4) is 0 Å². The van der Waals surface area contributed by atoms with Gasteiger partial charge in [0, 0.05) is 0 Å². The van der Waals surface area contributed by atoms with Gasteiger partial charge in [-0.05, 0) is 36.8 Å². The Morgan fingerprint density at radius 1 is 1.04 bits per heavy atom. The third-order valence-electron chi connectivity index (χ3n) is 2.61. The summed E-state index contributed by atoms with van der Waals surface area (Å²) in [5.74, 6) is -4.42. The Morgan fingerprint density at radius 2 is 1.48 bits per heavy atom. The first-order valence-electron chi connectivity index (χ1n) is 6.26. The van der Waals surface area contributed by atoms with Crippen LogP contribution in [0.4, 0.5) is 26.3 Å². The van der Waals surface area contributed by atoms with E-state index in [1.54, 1.807) is 0 Å². The van der Waals surface area contributed by atoms with Crippen molar-refractivity contribution in [3.63, 3.8) is 0 Å². The summed E-state index contributed by atoms with van der Waals surface area (Å²) >= 11 is 0. The summed E-state index contributed by atoms with van der Waals surface area (Å²) in [6, 6.07) is 0.156. The van der Waals surface area contributed by atoms with Gasteiger partial charge in [-0.1, -0.05) is 5.76 Å². The first-order valence-corrected chi connectivity index (χ1v) is 6.26. The van der Waals surface area contributed by atoms with Crippen molar-refractivity contribution in [3.05, 3.63) is 41.0 Å². The zero-order valence-electron chi connectivity index (χ0n) is 12.9. The molecule has 1 aromatic carbocycles. The molecule has 0 aromatic heterocycles. The summed E-state index contributed by atoms with van der Waals surface area (Å²) in [6.07, 6.45) is -10.2. The summed E-state index contributed by atoms with van der Waals surface area (Å²) in [6.45, 7) is 1.16. The van der Waals surface area contributed by atoms with Gasteiger partial charge < -0.3 is 9.84 Å². The maximum absolute atomic E-state index is 12.7. The number of carbonyl (C=O) groups is 2. The molecule has 0 bridgehead atoms. The molecule has 0 aliphatic heterocycles. The van der Waals surface area contributed by atoms with E-state index in [1.165, 1.54) is 6.92 Å². The summed E-state index contributed by atoms with van der Waals surface area (Å²) in [5.41, 5.74) is -4.45. The van der Waals surface area contributed by atoms with Crippen molar-refractivity contribution in [2.24, 2.45) is 0 Å². The second-order valence-corrected chi connectivity index (χ2v) is 4.39. The minimum atomic E-state index is -5.14. The average molecular weight is 362 g/mol. The average Bonchev–Trinajstić information content (AvgIpc) is 2.45. The summed E-state index contributed by atoms with van der Waals surface area (Å²) in [4.78, 5) is 22.3. The Kier molecular flexibility index (Phi) is 7.80. The number of halogens is 6. The van der Waals surface area contributed by atoms with E-state index in [2.05, 4.69) is 4.74 Å². The molecule has 0 unspecified atom stereocenters. The Bertz CT molecular complexity index is 647. The van der Waals surface area contributed by atoms with Crippen LogP contribution in [0.3, 0.4) is 0 Å². The van der Waals surface area contributed by atoms with Crippen molar-refractivity contribution >= 4 is 17.5 Å². The van der Waals surface area contributed by atoms with Gasteiger partial charge in [0.1, 0.15) is 0 Å². The van der Waals surface area contributed by atoms with Crippen LogP contribution in [0.15, 0.2) is 24.3 Å². The van der Waals surface area contributed by atoms with Crippen LogP contribution >= 0.6 is 0 Å². The third kappa shape index (κ3) is 6.47. The van der Waals surface area contributed by atoms with Crippen LogP contribution in [-0.4, -0.2) is 18.4 Å². The number of esters is 1. The van der Waals surface area contributed by atoms with Crippen molar-refractivity contribution in [1.29, 1.82) is 0 Å². The van der Waals surface area contributed by atoms with Crippen LogP contribution in [0.5, 0.6) is 0 Å². The van der Waals surface area contributed by atoms with Crippen molar-refractivity contribution in [1.82, 2.24) is 0 Å². The first kappa shape index (κ1) is 23.1. The molecule has 0 spiro atoms. The van der Waals surface area contributed by atoms with Gasteiger partial charge in [0.05, 0.1) is 17.7 Å². The molecule has 0 atom stereocenters. The number of ether oxygens (including phenoxy) is 1. The Hall–Kier alpha value is -1.92. The number of benzene rings is 1. The maximum atomic E-state index is 12.7. The van der Waals surface area contributed by atoms with E-state index in [9.17, 15) is 41.0 Å². The molecule has 0 amide bonds. The molecular formula is C14H9F6LiO4. The second-order valence-electron chi connectivity index (χ2n) is 4.39. The van der Waals surface area contributed by atoms with Crippen LogP contribution in [0.2, 0.25) is 0 Å². The molecule has 25 heavy (non-hydrogen) atoms. The monoisotopic (exact) mass is 362 g/mol. The zero-order valence-corrected chi connectivity index (χ0v) is 12.9. The Morgan fingerprint density at radius 3 is 1.84 bits per heavy atom. The fraction of sp³-hybridized carbons (Fsp3) is 0.286. The molecule has 132 valence electrons. The molecular weight excluding hydrogens is 353 g/mol. The van der Waals surface area contributed by atoms with Crippen LogP contribution in [-0.2, 0) is 26.7 Å². The molecule has 0 heterocycles. The van der Waals surface area contributed by atoms with Gasteiger partial charge in [-0.3, -0.25) is 4.79 Å². The number of alkyl halides is 6. The van der Waals surface area contributed by atoms with Gasteiger partial charge in [-0.2, -0.15) is 26.3 Å². The second kappa shape index (κ2) is 8.45. The molecule has 4 nitrogen and oxygen atoms in total. The van der Waals surface area contributed by atoms with E-state index in [0.29, 0.717) is 0 Å². The number of ketones is 1.